The van der Waals surface area contributed by atoms with Crippen LogP contribution >= 0.6 is 15.9 Å². The van der Waals surface area contributed by atoms with Crippen molar-refractivity contribution >= 4 is 33.4 Å². The van der Waals surface area contributed by atoms with Crippen molar-refractivity contribution in [2.24, 2.45) is 0 Å². The fraction of sp³-hybridized carbons (Fsp3) is 0.312. The molecule has 122 valence electrons. The zero-order chi connectivity index (χ0) is 17.1. The van der Waals surface area contributed by atoms with Crippen LogP contribution in [0.5, 0.6) is 0 Å². The van der Waals surface area contributed by atoms with Crippen LogP contribution in [0.4, 0.5) is 5.69 Å². The number of rotatable bonds is 4. The third-order valence-corrected chi connectivity index (χ3v) is 3.93. The van der Waals surface area contributed by atoms with Crippen LogP contribution in [-0.4, -0.2) is 35.5 Å². The highest BCUT2D eigenvalue weighted by atomic mass is 79.9. The van der Waals surface area contributed by atoms with Crippen LogP contribution in [0, 0.1) is 20.8 Å². The van der Waals surface area contributed by atoms with Gasteiger partial charge in [0.1, 0.15) is 11.3 Å². The van der Waals surface area contributed by atoms with Gasteiger partial charge in [0.15, 0.2) is 0 Å². The molecule has 1 aromatic heterocycles. The van der Waals surface area contributed by atoms with Gasteiger partial charge in [0.25, 0.3) is 5.91 Å². The molecule has 0 radical (unpaired) electrons. The number of nitrogens with zero attached hydrogens (tertiary/aromatic N) is 2. The first-order valence-electron chi connectivity index (χ1n) is 7.04. The molecule has 2 aromatic rings. The number of benzene rings is 1. The standard InChI is InChI=1S/C16H18BrN3O3/c1-9-7-12(17)5-6-13(9)18-14(21)8-20(4)16(22)15-10(2)19-23-11(15)3/h5-7H,8H2,1-4H3,(H,18,21). The van der Waals surface area contributed by atoms with E-state index in [1.165, 1.54) is 4.90 Å². The molecule has 0 unspecified atom stereocenters. The second-order valence-electron chi connectivity index (χ2n) is 5.37. The van der Waals surface area contributed by atoms with E-state index in [0.29, 0.717) is 17.0 Å². The third kappa shape index (κ3) is 3.98. The molecule has 0 aliphatic carbocycles. The molecular weight excluding hydrogens is 362 g/mol. The summed E-state index contributed by atoms with van der Waals surface area (Å²) in [5.74, 6) is -0.106. The second kappa shape index (κ2) is 6.95. The Labute approximate surface area is 143 Å². The number of hydrogen-bond acceptors (Lipinski definition) is 4. The zero-order valence-electron chi connectivity index (χ0n) is 13.4. The van der Waals surface area contributed by atoms with Crippen molar-refractivity contribution in [2.45, 2.75) is 20.8 Å². The van der Waals surface area contributed by atoms with Crippen molar-refractivity contribution in [3.8, 4) is 0 Å². The molecule has 7 heteroatoms. The number of anilines is 1. The molecule has 0 bridgehead atoms. The number of carbonyl (C=O) groups excluding carboxylic acids is 2. The molecule has 1 N–H and O–H groups in total. The number of likely N-dealkylation sites (N-methyl/N-ethyl adjacent to an activating group) is 1. The van der Waals surface area contributed by atoms with Crippen molar-refractivity contribution in [1.29, 1.82) is 0 Å². The van der Waals surface area contributed by atoms with Gasteiger partial charge in [-0.3, -0.25) is 9.59 Å². The van der Waals surface area contributed by atoms with E-state index in [2.05, 4.69) is 26.4 Å². The van der Waals surface area contributed by atoms with E-state index in [0.717, 1.165) is 15.7 Å². The Hall–Kier alpha value is -2.15. The first-order chi connectivity index (χ1) is 10.8. The number of carbonyl (C=O) groups is 2. The Morgan fingerprint density at radius 2 is 2.00 bits per heavy atom. The van der Waals surface area contributed by atoms with Crippen LogP contribution in [0.25, 0.3) is 0 Å². The smallest absolute Gasteiger partial charge is 0.259 e. The summed E-state index contributed by atoms with van der Waals surface area (Å²) in [5, 5.41) is 6.56. The fourth-order valence-electron chi connectivity index (χ4n) is 2.22. The summed E-state index contributed by atoms with van der Waals surface area (Å²) in [5.41, 5.74) is 2.58. The van der Waals surface area contributed by atoms with E-state index in [-0.39, 0.29) is 18.4 Å². The highest BCUT2D eigenvalue weighted by Gasteiger charge is 2.22. The molecule has 2 rings (SSSR count). The predicted molar refractivity (Wildman–Crippen MR) is 90.4 cm³/mol. The first kappa shape index (κ1) is 17.2. The molecule has 0 spiro atoms. The van der Waals surface area contributed by atoms with Gasteiger partial charge in [-0.05, 0) is 44.5 Å². The summed E-state index contributed by atoms with van der Waals surface area (Å²) in [6, 6.07) is 5.57. The van der Waals surface area contributed by atoms with Crippen LogP contribution in [0.15, 0.2) is 27.2 Å². The van der Waals surface area contributed by atoms with E-state index in [1.54, 1.807) is 20.9 Å². The Morgan fingerprint density at radius 1 is 1.30 bits per heavy atom. The minimum atomic E-state index is -0.288. The number of amides is 2. The Kier molecular flexibility index (Phi) is 5.20. The number of hydrogen-bond donors (Lipinski definition) is 1. The molecule has 23 heavy (non-hydrogen) atoms. The molecule has 0 atom stereocenters. The highest BCUT2D eigenvalue weighted by Crippen LogP contribution is 2.20. The topological polar surface area (TPSA) is 75.4 Å². The van der Waals surface area contributed by atoms with Gasteiger partial charge in [-0.1, -0.05) is 21.1 Å². The molecule has 0 aliphatic rings. The van der Waals surface area contributed by atoms with E-state index in [4.69, 9.17) is 4.52 Å². The summed E-state index contributed by atoms with van der Waals surface area (Å²) in [7, 11) is 1.57. The summed E-state index contributed by atoms with van der Waals surface area (Å²) in [6.07, 6.45) is 0. The average molecular weight is 380 g/mol. The zero-order valence-corrected chi connectivity index (χ0v) is 15.0. The molecule has 1 aromatic carbocycles. The van der Waals surface area contributed by atoms with Crippen LogP contribution in [-0.2, 0) is 4.79 Å². The third-order valence-electron chi connectivity index (χ3n) is 3.44. The summed E-state index contributed by atoms with van der Waals surface area (Å²) >= 11 is 3.38. The molecule has 0 fully saturated rings. The minimum Gasteiger partial charge on any atom is -0.361 e. The lowest BCUT2D eigenvalue weighted by atomic mass is 10.2. The molecule has 6 nitrogen and oxygen atoms in total. The maximum Gasteiger partial charge on any atom is 0.259 e. The number of nitrogens with one attached hydrogen (secondary N) is 1. The SMILES string of the molecule is Cc1cc(Br)ccc1NC(=O)CN(C)C(=O)c1c(C)noc1C. The largest absolute Gasteiger partial charge is 0.361 e. The van der Waals surface area contributed by atoms with E-state index >= 15 is 0 Å². The van der Waals surface area contributed by atoms with Crippen LogP contribution in [0.1, 0.15) is 27.4 Å². The number of halogens is 1. The number of aryl methyl sites for hydroxylation is 3. The van der Waals surface area contributed by atoms with E-state index < -0.39 is 0 Å². The summed E-state index contributed by atoms with van der Waals surface area (Å²) in [6.45, 7) is 5.21. The van der Waals surface area contributed by atoms with Gasteiger partial charge in [0.2, 0.25) is 5.91 Å². The lowest BCUT2D eigenvalue weighted by molar-refractivity contribution is -0.116. The van der Waals surface area contributed by atoms with Crippen molar-refractivity contribution in [3.05, 3.63) is 45.3 Å². The molecule has 2 amide bonds. The Bertz CT molecular complexity index is 736. The molecule has 0 saturated carbocycles. The quantitative estimate of drug-likeness (QED) is 0.885. The normalized spacial score (nSPS) is 10.5. The minimum absolute atomic E-state index is 0.0571. The van der Waals surface area contributed by atoms with Gasteiger partial charge in [-0.25, -0.2) is 0 Å². The van der Waals surface area contributed by atoms with Gasteiger partial charge < -0.3 is 14.7 Å². The summed E-state index contributed by atoms with van der Waals surface area (Å²) in [4.78, 5) is 25.9. The molecule has 0 aliphatic heterocycles. The molecule has 0 saturated heterocycles. The van der Waals surface area contributed by atoms with Crippen LogP contribution < -0.4 is 5.32 Å². The molecule has 1 heterocycles. The van der Waals surface area contributed by atoms with Crippen molar-refractivity contribution in [1.82, 2.24) is 10.1 Å². The van der Waals surface area contributed by atoms with Crippen molar-refractivity contribution in [2.75, 3.05) is 18.9 Å². The van der Waals surface area contributed by atoms with Gasteiger partial charge in [0.05, 0.1) is 12.2 Å². The monoisotopic (exact) mass is 379 g/mol. The Morgan fingerprint density at radius 3 is 2.57 bits per heavy atom. The fourth-order valence-corrected chi connectivity index (χ4v) is 2.70. The van der Waals surface area contributed by atoms with E-state index in [1.807, 2.05) is 25.1 Å². The van der Waals surface area contributed by atoms with Crippen molar-refractivity contribution in [3.63, 3.8) is 0 Å². The van der Waals surface area contributed by atoms with Gasteiger partial charge in [-0.15, -0.1) is 0 Å². The predicted octanol–water partition coefficient (Wildman–Crippen LogP) is 3.07. The average Bonchev–Trinajstić information content (AvgIpc) is 2.80. The lowest BCUT2D eigenvalue weighted by Crippen LogP contribution is -2.35. The maximum atomic E-state index is 12.4. The maximum absolute atomic E-state index is 12.4. The Balaban J connectivity index is 2.03. The van der Waals surface area contributed by atoms with Gasteiger partial charge in [0, 0.05) is 17.2 Å². The van der Waals surface area contributed by atoms with Crippen LogP contribution in [0.3, 0.4) is 0 Å². The summed E-state index contributed by atoms with van der Waals surface area (Å²) < 4.78 is 5.93. The van der Waals surface area contributed by atoms with Gasteiger partial charge in [-0.2, -0.15) is 0 Å². The van der Waals surface area contributed by atoms with Gasteiger partial charge >= 0.3 is 0 Å². The second-order valence-corrected chi connectivity index (χ2v) is 6.28. The van der Waals surface area contributed by atoms with Crippen molar-refractivity contribution < 1.29 is 14.1 Å². The lowest BCUT2D eigenvalue weighted by Gasteiger charge is -2.17. The highest BCUT2D eigenvalue weighted by molar-refractivity contribution is 9.10. The number of aromatic nitrogens is 1. The van der Waals surface area contributed by atoms with E-state index in [9.17, 15) is 9.59 Å². The van der Waals surface area contributed by atoms with Crippen LogP contribution in [0.2, 0.25) is 0 Å². The molecular formula is C16H18BrN3O3. The first-order valence-corrected chi connectivity index (χ1v) is 7.83.